The third kappa shape index (κ3) is 5.16. The number of hydrogen-bond donors (Lipinski definition) is 2. The minimum Gasteiger partial charge on any atom is -0.352 e. The molecule has 0 radical (unpaired) electrons. The lowest BCUT2D eigenvalue weighted by molar-refractivity contribution is -0.126. The normalized spacial score (nSPS) is 22.1. The van der Waals surface area contributed by atoms with E-state index in [1.165, 1.54) is 0 Å². The van der Waals surface area contributed by atoms with Gasteiger partial charge in [-0.15, -0.1) is 12.4 Å². The maximum absolute atomic E-state index is 13.8. The molecule has 27 heavy (non-hydrogen) atoms. The monoisotopic (exact) mass is 423 g/mol. The predicted octanol–water partition coefficient (Wildman–Crippen LogP) is 1.66. The number of carbonyl (C=O) groups excluding carboxylic acids is 1. The van der Waals surface area contributed by atoms with Gasteiger partial charge in [-0.3, -0.25) is 4.79 Å². The van der Waals surface area contributed by atoms with E-state index in [2.05, 4.69) is 10.6 Å². The maximum Gasteiger partial charge on any atom is 0.246 e. The average molecular weight is 424 g/mol. The quantitative estimate of drug-likeness (QED) is 0.772. The van der Waals surface area contributed by atoms with Gasteiger partial charge in [0.15, 0.2) is 0 Å². The molecular weight excluding hydrogens is 400 g/mol. The Morgan fingerprint density at radius 1 is 1.19 bits per heavy atom. The van der Waals surface area contributed by atoms with Gasteiger partial charge in [-0.2, -0.15) is 4.31 Å². The molecule has 0 saturated carbocycles. The third-order valence-corrected chi connectivity index (χ3v) is 6.89. The summed E-state index contributed by atoms with van der Waals surface area (Å²) in [5, 5.41) is 6.24. The smallest absolute Gasteiger partial charge is 0.246 e. The van der Waals surface area contributed by atoms with Gasteiger partial charge < -0.3 is 10.6 Å². The van der Waals surface area contributed by atoms with Gasteiger partial charge in [-0.05, 0) is 50.4 Å². The molecule has 0 unspecified atom stereocenters. The molecule has 1 aromatic carbocycles. The molecule has 10 heteroatoms. The molecule has 2 aliphatic heterocycles. The first-order valence-corrected chi connectivity index (χ1v) is 10.3. The number of piperidine rings is 2. The van der Waals surface area contributed by atoms with E-state index in [1.807, 2.05) is 0 Å². The summed E-state index contributed by atoms with van der Waals surface area (Å²) in [6.07, 6.45) is 2.68. The van der Waals surface area contributed by atoms with Gasteiger partial charge in [-0.1, -0.05) is 0 Å². The van der Waals surface area contributed by atoms with Crippen LogP contribution in [0.2, 0.25) is 0 Å². The highest BCUT2D eigenvalue weighted by Crippen LogP contribution is 2.26. The van der Waals surface area contributed by atoms with Crippen molar-refractivity contribution in [2.45, 2.75) is 36.6 Å². The third-order valence-electron chi connectivity index (χ3n) is 4.98. The van der Waals surface area contributed by atoms with Gasteiger partial charge in [0, 0.05) is 31.6 Å². The first-order chi connectivity index (χ1) is 12.4. The predicted molar refractivity (Wildman–Crippen MR) is 99.1 cm³/mol. The number of sulfonamides is 1. The Morgan fingerprint density at radius 3 is 2.52 bits per heavy atom. The van der Waals surface area contributed by atoms with Crippen LogP contribution in [0.15, 0.2) is 23.1 Å². The minimum absolute atomic E-state index is 0. The topological polar surface area (TPSA) is 78.5 Å². The van der Waals surface area contributed by atoms with Gasteiger partial charge >= 0.3 is 0 Å². The zero-order chi connectivity index (χ0) is 18.7. The lowest BCUT2D eigenvalue weighted by Gasteiger charge is -2.32. The molecule has 152 valence electrons. The number of nitrogens with one attached hydrogen (secondary N) is 2. The molecular formula is C17H24ClF2N3O3S. The van der Waals surface area contributed by atoms with E-state index in [-0.39, 0.29) is 43.4 Å². The largest absolute Gasteiger partial charge is 0.352 e. The van der Waals surface area contributed by atoms with Crippen molar-refractivity contribution >= 4 is 28.3 Å². The zero-order valence-electron chi connectivity index (χ0n) is 14.8. The van der Waals surface area contributed by atoms with E-state index in [0.717, 1.165) is 42.4 Å². The molecule has 6 nitrogen and oxygen atoms in total. The molecule has 0 aromatic heterocycles. The van der Waals surface area contributed by atoms with E-state index in [9.17, 15) is 22.0 Å². The number of carbonyl (C=O) groups is 1. The van der Waals surface area contributed by atoms with Crippen molar-refractivity contribution in [1.29, 1.82) is 0 Å². The van der Waals surface area contributed by atoms with Crippen molar-refractivity contribution in [2.75, 3.05) is 26.2 Å². The van der Waals surface area contributed by atoms with Gasteiger partial charge in [-0.25, -0.2) is 17.2 Å². The SMILES string of the molecule is Cl.O=C(N[C@H]1CCCNC1)C1CCN(S(=O)(=O)c2cc(F)ccc2F)CC1. The molecule has 2 aliphatic rings. The summed E-state index contributed by atoms with van der Waals surface area (Å²) in [4.78, 5) is 11.7. The van der Waals surface area contributed by atoms with Crippen LogP contribution in [0.4, 0.5) is 8.78 Å². The Hall–Kier alpha value is -1.29. The van der Waals surface area contributed by atoms with E-state index in [0.29, 0.717) is 18.9 Å². The lowest BCUT2D eigenvalue weighted by atomic mass is 9.96. The highest BCUT2D eigenvalue weighted by molar-refractivity contribution is 7.89. The number of benzene rings is 1. The van der Waals surface area contributed by atoms with Crippen molar-refractivity contribution in [3.63, 3.8) is 0 Å². The first-order valence-electron chi connectivity index (χ1n) is 8.84. The van der Waals surface area contributed by atoms with Crippen LogP contribution in [0.3, 0.4) is 0 Å². The maximum atomic E-state index is 13.8. The van der Waals surface area contributed by atoms with Crippen LogP contribution in [0.1, 0.15) is 25.7 Å². The van der Waals surface area contributed by atoms with Crippen molar-refractivity contribution in [3.8, 4) is 0 Å². The molecule has 2 heterocycles. The molecule has 1 atom stereocenters. The summed E-state index contributed by atoms with van der Waals surface area (Å²) in [6.45, 7) is 1.93. The minimum atomic E-state index is -4.11. The molecule has 0 bridgehead atoms. The fourth-order valence-electron chi connectivity index (χ4n) is 3.47. The second-order valence-electron chi connectivity index (χ2n) is 6.80. The van der Waals surface area contributed by atoms with Gasteiger partial charge in [0.1, 0.15) is 16.5 Å². The van der Waals surface area contributed by atoms with Gasteiger partial charge in [0.2, 0.25) is 15.9 Å². The zero-order valence-corrected chi connectivity index (χ0v) is 16.4. The first kappa shape index (κ1) is 22.0. The fraction of sp³-hybridized carbons (Fsp3) is 0.588. The summed E-state index contributed by atoms with van der Waals surface area (Å²) in [7, 11) is -4.11. The highest BCUT2D eigenvalue weighted by atomic mass is 35.5. The standard InChI is InChI=1S/C17H23F2N3O3S.ClH/c18-13-3-4-15(19)16(10-13)26(24,25)22-8-5-12(6-9-22)17(23)21-14-2-1-7-20-11-14;/h3-4,10,12,14,20H,1-2,5-9,11H2,(H,21,23);1H/t14-;/m0./s1. The summed E-state index contributed by atoms with van der Waals surface area (Å²) in [6, 6.07) is 2.49. The van der Waals surface area contributed by atoms with Gasteiger partial charge in [0.05, 0.1) is 0 Å². The van der Waals surface area contributed by atoms with Gasteiger partial charge in [0.25, 0.3) is 0 Å². The van der Waals surface area contributed by atoms with Crippen LogP contribution in [-0.4, -0.2) is 50.9 Å². The van der Waals surface area contributed by atoms with E-state index >= 15 is 0 Å². The summed E-state index contributed by atoms with van der Waals surface area (Å²) < 4.78 is 53.4. The van der Waals surface area contributed by atoms with Crippen LogP contribution >= 0.6 is 12.4 Å². The number of nitrogens with zero attached hydrogens (tertiary/aromatic N) is 1. The van der Waals surface area contributed by atoms with Crippen LogP contribution in [0.25, 0.3) is 0 Å². The second-order valence-corrected chi connectivity index (χ2v) is 8.71. The van der Waals surface area contributed by atoms with Crippen LogP contribution in [0, 0.1) is 17.6 Å². The number of rotatable bonds is 4. The second kappa shape index (κ2) is 9.27. The summed E-state index contributed by atoms with van der Waals surface area (Å²) >= 11 is 0. The van der Waals surface area contributed by atoms with Crippen molar-refractivity contribution in [2.24, 2.45) is 5.92 Å². The fourth-order valence-corrected chi connectivity index (χ4v) is 5.01. The molecule has 1 amide bonds. The van der Waals surface area contributed by atoms with Crippen LogP contribution in [0.5, 0.6) is 0 Å². The number of hydrogen-bond acceptors (Lipinski definition) is 4. The van der Waals surface area contributed by atoms with Crippen LogP contribution in [-0.2, 0) is 14.8 Å². The van der Waals surface area contributed by atoms with E-state index < -0.39 is 26.6 Å². The lowest BCUT2D eigenvalue weighted by Crippen LogP contribution is -2.49. The summed E-state index contributed by atoms with van der Waals surface area (Å²) in [5.74, 6) is -2.11. The Bertz CT molecular complexity index is 765. The molecule has 0 spiro atoms. The molecule has 3 rings (SSSR count). The Balaban J connectivity index is 0.00000261. The van der Waals surface area contributed by atoms with Crippen molar-refractivity contribution in [1.82, 2.24) is 14.9 Å². The highest BCUT2D eigenvalue weighted by Gasteiger charge is 2.34. The average Bonchev–Trinajstić information content (AvgIpc) is 2.64. The Labute approximate surface area is 164 Å². The molecule has 1 aromatic rings. The molecule has 2 saturated heterocycles. The van der Waals surface area contributed by atoms with E-state index in [1.54, 1.807) is 0 Å². The molecule has 0 aliphatic carbocycles. The van der Waals surface area contributed by atoms with E-state index in [4.69, 9.17) is 0 Å². The molecule has 2 N–H and O–H groups in total. The van der Waals surface area contributed by atoms with Crippen molar-refractivity contribution < 1.29 is 22.0 Å². The van der Waals surface area contributed by atoms with Crippen LogP contribution < -0.4 is 10.6 Å². The number of halogens is 3. The van der Waals surface area contributed by atoms with Crippen molar-refractivity contribution in [3.05, 3.63) is 29.8 Å². The number of amides is 1. The molecule has 2 fully saturated rings. The Kier molecular flexibility index (Phi) is 7.55. The Morgan fingerprint density at radius 2 is 1.89 bits per heavy atom. The summed E-state index contributed by atoms with van der Waals surface area (Å²) in [5.41, 5.74) is 0.